The minimum atomic E-state index is 0.0571. The SMILES string of the molecule is Cc1ccc(-c2nc(C)sc2C(=O)N2CCSC2CN)cc1. The summed E-state index contributed by atoms with van der Waals surface area (Å²) in [5.74, 6) is 1.01. The summed E-state index contributed by atoms with van der Waals surface area (Å²) in [5.41, 5.74) is 8.77. The highest BCUT2D eigenvalue weighted by atomic mass is 32.2. The summed E-state index contributed by atoms with van der Waals surface area (Å²) in [5, 5.41) is 0.996. The standard InChI is InChI=1S/C16H19N3OS2/c1-10-3-5-12(6-4-10)14-15(22-11(2)18-14)16(20)19-7-8-21-13(19)9-17/h3-6,13H,7-9,17H2,1-2H3. The van der Waals surface area contributed by atoms with Gasteiger partial charge in [-0.05, 0) is 13.8 Å². The fourth-order valence-corrected chi connectivity index (χ4v) is 4.55. The van der Waals surface area contributed by atoms with Crippen molar-refractivity contribution in [3.8, 4) is 11.3 Å². The first-order valence-corrected chi connectivity index (χ1v) is 9.14. The molecular weight excluding hydrogens is 314 g/mol. The van der Waals surface area contributed by atoms with Crippen LogP contribution < -0.4 is 5.73 Å². The van der Waals surface area contributed by atoms with Crippen molar-refractivity contribution in [2.45, 2.75) is 19.2 Å². The molecule has 1 unspecified atom stereocenters. The molecule has 0 radical (unpaired) electrons. The van der Waals surface area contributed by atoms with Crippen molar-refractivity contribution in [2.75, 3.05) is 18.8 Å². The quantitative estimate of drug-likeness (QED) is 0.938. The Bertz CT molecular complexity index is 681. The second-order valence-electron chi connectivity index (χ2n) is 5.34. The van der Waals surface area contributed by atoms with E-state index >= 15 is 0 Å². The lowest BCUT2D eigenvalue weighted by Gasteiger charge is -2.22. The molecule has 1 fully saturated rings. The highest BCUT2D eigenvalue weighted by Crippen LogP contribution is 2.32. The number of rotatable bonds is 3. The molecule has 0 spiro atoms. The van der Waals surface area contributed by atoms with Crippen LogP contribution in [0.4, 0.5) is 0 Å². The molecule has 22 heavy (non-hydrogen) atoms. The van der Waals surface area contributed by atoms with E-state index in [-0.39, 0.29) is 11.3 Å². The molecule has 1 aliphatic rings. The number of amides is 1. The Balaban J connectivity index is 1.97. The lowest BCUT2D eigenvalue weighted by atomic mass is 10.1. The molecule has 2 heterocycles. The fourth-order valence-electron chi connectivity index (χ4n) is 2.56. The molecule has 116 valence electrons. The number of thioether (sulfide) groups is 1. The van der Waals surface area contributed by atoms with Gasteiger partial charge in [0.2, 0.25) is 0 Å². The van der Waals surface area contributed by atoms with Gasteiger partial charge in [0.1, 0.15) is 4.88 Å². The maximum Gasteiger partial charge on any atom is 0.267 e. The normalized spacial score (nSPS) is 18.0. The number of thiazole rings is 1. The molecule has 1 aromatic carbocycles. The Hall–Kier alpha value is -1.37. The van der Waals surface area contributed by atoms with Gasteiger partial charge in [0, 0.05) is 24.4 Å². The van der Waals surface area contributed by atoms with Crippen LogP contribution in [0.3, 0.4) is 0 Å². The zero-order chi connectivity index (χ0) is 15.7. The maximum absolute atomic E-state index is 12.9. The molecule has 1 atom stereocenters. The summed E-state index contributed by atoms with van der Waals surface area (Å²) in [6, 6.07) is 8.15. The average molecular weight is 333 g/mol. The van der Waals surface area contributed by atoms with Crippen LogP contribution in [0.2, 0.25) is 0 Å². The summed E-state index contributed by atoms with van der Waals surface area (Å²) in [4.78, 5) is 20.1. The number of hydrogen-bond acceptors (Lipinski definition) is 5. The van der Waals surface area contributed by atoms with Crippen molar-refractivity contribution < 1.29 is 4.79 Å². The lowest BCUT2D eigenvalue weighted by molar-refractivity contribution is 0.0769. The van der Waals surface area contributed by atoms with Gasteiger partial charge in [0.25, 0.3) is 5.91 Å². The second kappa shape index (κ2) is 6.40. The topological polar surface area (TPSA) is 59.2 Å². The van der Waals surface area contributed by atoms with Gasteiger partial charge in [-0.2, -0.15) is 0 Å². The van der Waals surface area contributed by atoms with Gasteiger partial charge in [-0.25, -0.2) is 4.98 Å². The van der Waals surface area contributed by atoms with E-state index in [1.807, 2.05) is 36.1 Å². The van der Waals surface area contributed by atoms with Crippen LogP contribution in [0.5, 0.6) is 0 Å². The van der Waals surface area contributed by atoms with E-state index in [2.05, 4.69) is 11.9 Å². The summed E-state index contributed by atoms with van der Waals surface area (Å²) in [6.07, 6.45) is 0. The van der Waals surface area contributed by atoms with Crippen molar-refractivity contribution >= 4 is 29.0 Å². The van der Waals surface area contributed by atoms with Crippen LogP contribution in [0, 0.1) is 13.8 Å². The molecule has 1 aliphatic heterocycles. The summed E-state index contributed by atoms with van der Waals surface area (Å²) < 4.78 is 0. The monoisotopic (exact) mass is 333 g/mol. The average Bonchev–Trinajstić information content (AvgIpc) is 3.13. The highest BCUT2D eigenvalue weighted by molar-refractivity contribution is 8.00. The predicted octanol–water partition coefficient (Wildman–Crippen LogP) is 2.90. The summed E-state index contributed by atoms with van der Waals surface area (Å²) in [7, 11) is 0. The summed E-state index contributed by atoms with van der Waals surface area (Å²) in [6.45, 7) is 5.25. The third-order valence-corrected chi connectivity index (χ3v) is 5.91. The number of nitrogens with two attached hydrogens (primary N) is 1. The first-order chi connectivity index (χ1) is 10.6. The number of aryl methyl sites for hydroxylation is 2. The highest BCUT2D eigenvalue weighted by Gasteiger charge is 2.31. The van der Waals surface area contributed by atoms with Crippen molar-refractivity contribution in [3.05, 3.63) is 39.7 Å². The van der Waals surface area contributed by atoms with Crippen molar-refractivity contribution in [1.29, 1.82) is 0 Å². The molecule has 1 saturated heterocycles. The maximum atomic E-state index is 12.9. The van der Waals surface area contributed by atoms with Crippen molar-refractivity contribution in [2.24, 2.45) is 5.73 Å². The molecule has 2 aromatic rings. The lowest BCUT2D eigenvalue weighted by Crippen LogP contribution is -2.38. The van der Waals surface area contributed by atoms with Crippen LogP contribution in [-0.2, 0) is 0 Å². The van der Waals surface area contributed by atoms with Gasteiger partial charge in [-0.1, -0.05) is 29.8 Å². The Morgan fingerprint density at radius 2 is 2.09 bits per heavy atom. The minimum absolute atomic E-state index is 0.0571. The van der Waals surface area contributed by atoms with Gasteiger partial charge < -0.3 is 10.6 Å². The molecule has 2 N–H and O–H groups in total. The number of hydrogen-bond donors (Lipinski definition) is 1. The minimum Gasteiger partial charge on any atom is -0.328 e. The number of carbonyl (C=O) groups excluding carboxylic acids is 1. The second-order valence-corrected chi connectivity index (χ2v) is 7.83. The van der Waals surface area contributed by atoms with E-state index in [9.17, 15) is 4.79 Å². The van der Waals surface area contributed by atoms with Crippen LogP contribution >= 0.6 is 23.1 Å². The molecule has 3 rings (SSSR count). The van der Waals surface area contributed by atoms with Gasteiger partial charge in [-0.3, -0.25) is 4.79 Å². The molecule has 0 bridgehead atoms. The van der Waals surface area contributed by atoms with Gasteiger partial charge >= 0.3 is 0 Å². The van der Waals surface area contributed by atoms with Gasteiger partial charge in [0.15, 0.2) is 0 Å². The Morgan fingerprint density at radius 1 is 1.36 bits per heavy atom. The molecule has 1 aromatic heterocycles. The van der Waals surface area contributed by atoms with Crippen LogP contribution in [-0.4, -0.2) is 40.0 Å². The van der Waals surface area contributed by atoms with Crippen LogP contribution in [0.15, 0.2) is 24.3 Å². The number of aromatic nitrogens is 1. The van der Waals surface area contributed by atoms with E-state index in [0.29, 0.717) is 6.54 Å². The van der Waals surface area contributed by atoms with Crippen molar-refractivity contribution in [3.63, 3.8) is 0 Å². The van der Waals surface area contributed by atoms with E-state index in [1.165, 1.54) is 16.9 Å². The smallest absolute Gasteiger partial charge is 0.267 e. The van der Waals surface area contributed by atoms with E-state index in [1.54, 1.807) is 11.8 Å². The van der Waals surface area contributed by atoms with Gasteiger partial charge in [-0.15, -0.1) is 23.1 Å². The molecule has 6 heteroatoms. The fraction of sp³-hybridized carbons (Fsp3) is 0.375. The summed E-state index contributed by atoms with van der Waals surface area (Å²) >= 11 is 3.22. The third-order valence-electron chi connectivity index (χ3n) is 3.71. The zero-order valence-electron chi connectivity index (χ0n) is 12.7. The van der Waals surface area contributed by atoms with E-state index in [4.69, 9.17) is 5.73 Å². The Kier molecular flexibility index (Phi) is 4.52. The first kappa shape index (κ1) is 15.5. The number of carbonyl (C=O) groups is 1. The Labute approximate surface area is 138 Å². The molecule has 1 amide bonds. The van der Waals surface area contributed by atoms with E-state index in [0.717, 1.165) is 33.4 Å². The number of nitrogens with zero attached hydrogens (tertiary/aromatic N) is 2. The molecule has 0 aliphatic carbocycles. The third kappa shape index (κ3) is 2.91. The first-order valence-electron chi connectivity index (χ1n) is 7.27. The number of benzene rings is 1. The zero-order valence-corrected chi connectivity index (χ0v) is 14.3. The molecule has 0 saturated carbocycles. The molecule has 4 nitrogen and oxygen atoms in total. The van der Waals surface area contributed by atoms with Gasteiger partial charge in [0.05, 0.1) is 16.1 Å². The molecular formula is C16H19N3OS2. The van der Waals surface area contributed by atoms with E-state index < -0.39 is 0 Å². The van der Waals surface area contributed by atoms with Crippen LogP contribution in [0.1, 0.15) is 20.2 Å². The van der Waals surface area contributed by atoms with Crippen LogP contribution in [0.25, 0.3) is 11.3 Å². The van der Waals surface area contributed by atoms with Crippen molar-refractivity contribution in [1.82, 2.24) is 9.88 Å². The Morgan fingerprint density at radius 3 is 2.77 bits per heavy atom. The largest absolute Gasteiger partial charge is 0.328 e. The predicted molar refractivity (Wildman–Crippen MR) is 93.4 cm³/mol.